The molecule has 1 unspecified atom stereocenters. The molecule has 0 fully saturated rings. The fourth-order valence-corrected chi connectivity index (χ4v) is 2.83. The second-order valence-electron chi connectivity index (χ2n) is 4.79. The third-order valence-electron chi connectivity index (χ3n) is 2.89. The molecule has 0 bridgehead atoms. The Hall–Kier alpha value is -1.34. The van der Waals surface area contributed by atoms with Crippen molar-refractivity contribution in [1.29, 1.82) is 0 Å². The molecule has 0 radical (unpaired) electrons. The maximum atomic E-state index is 12.2. The van der Waals surface area contributed by atoms with Crippen molar-refractivity contribution in [3.63, 3.8) is 0 Å². The fraction of sp³-hybridized carbons (Fsp3) is 0.125. The van der Waals surface area contributed by atoms with Crippen molar-refractivity contribution >= 4 is 68.1 Å². The highest BCUT2D eigenvalue weighted by Crippen LogP contribution is 2.28. The van der Waals surface area contributed by atoms with E-state index in [1.54, 1.807) is 25.1 Å². The Balaban J connectivity index is 1.92. The molecule has 2 rings (SSSR count). The summed E-state index contributed by atoms with van der Waals surface area (Å²) in [4.78, 5) is 12.2. The largest absolute Gasteiger partial charge is 0.479 e. The van der Waals surface area contributed by atoms with Gasteiger partial charge in [0.15, 0.2) is 11.2 Å². The van der Waals surface area contributed by atoms with Crippen molar-refractivity contribution in [2.24, 2.45) is 0 Å². The molecular formula is C16H13BrCl2N2O2S. The van der Waals surface area contributed by atoms with Crippen LogP contribution in [-0.4, -0.2) is 17.1 Å². The highest BCUT2D eigenvalue weighted by molar-refractivity contribution is 9.10. The van der Waals surface area contributed by atoms with Crippen LogP contribution in [0.2, 0.25) is 10.0 Å². The normalized spacial score (nSPS) is 11.5. The number of benzene rings is 2. The molecule has 0 spiro atoms. The van der Waals surface area contributed by atoms with Gasteiger partial charge < -0.3 is 10.1 Å². The third-order valence-corrected chi connectivity index (χ3v) is 4.11. The maximum Gasteiger partial charge on any atom is 0.266 e. The SMILES string of the molecule is CC(Oc1ccc(Cl)cc1Cl)C(=O)NC(=S)Nc1cccc(Br)c1. The summed E-state index contributed by atoms with van der Waals surface area (Å²) in [5, 5.41) is 6.49. The first-order valence-electron chi connectivity index (χ1n) is 6.84. The number of carbonyl (C=O) groups excluding carboxylic acids is 1. The van der Waals surface area contributed by atoms with Gasteiger partial charge in [-0.05, 0) is 55.5 Å². The van der Waals surface area contributed by atoms with Crippen LogP contribution >= 0.6 is 51.3 Å². The van der Waals surface area contributed by atoms with Gasteiger partial charge in [-0.3, -0.25) is 10.1 Å². The number of rotatable bonds is 4. The van der Waals surface area contributed by atoms with Gasteiger partial charge >= 0.3 is 0 Å². The molecule has 0 aliphatic rings. The molecule has 8 heteroatoms. The number of amides is 1. The third kappa shape index (κ3) is 5.63. The zero-order valence-electron chi connectivity index (χ0n) is 12.5. The van der Waals surface area contributed by atoms with E-state index in [4.69, 9.17) is 40.2 Å². The standard InChI is InChI=1S/C16H13BrCl2N2O2S/c1-9(23-14-6-5-11(18)8-13(14)19)15(22)21-16(24)20-12-4-2-3-10(17)7-12/h2-9H,1H3,(H2,20,21,22,24). The number of anilines is 1. The average Bonchev–Trinajstić information content (AvgIpc) is 2.49. The van der Waals surface area contributed by atoms with Gasteiger partial charge in [-0.25, -0.2) is 0 Å². The Kier molecular flexibility index (Phi) is 6.86. The minimum Gasteiger partial charge on any atom is -0.479 e. The summed E-state index contributed by atoms with van der Waals surface area (Å²) in [6.45, 7) is 1.60. The highest BCUT2D eigenvalue weighted by Gasteiger charge is 2.17. The smallest absolute Gasteiger partial charge is 0.266 e. The minimum absolute atomic E-state index is 0.177. The van der Waals surface area contributed by atoms with Crippen LogP contribution in [0.5, 0.6) is 5.75 Å². The topological polar surface area (TPSA) is 50.4 Å². The lowest BCUT2D eigenvalue weighted by atomic mass is 10.3. The molecule has 0 saturated carbocycles. The van der Waals surface area contributed by atoms with E-state index in [2.05, 4.69) is 26.6 Å². The molecule has 2 N–H and O–H groups in total. The van der Waals surface area contributed by atoms with E-state index in [1.807, 2.05) is 24.3 Å². The zero-order valence-corrected chi connectivity index (χ0v) is 16.4. The maximum absolute atomic E-state index is 12.2. The van der Waals surface area contributed by atoms with Crippen molar-refractivity contribution in [1.82, 2.24) is 5.32 Å². The van der Waals surface area contributed by atoms with Gasteiger partial charge in [0.2, 0.25) is 0 Å². The van der Waals surface area contributed by atoms with E-state index in [-0.39, 0.29) is 5.11 Å². The Labute approximate surface area is 163 Å². The summed E-state index contributed by atoms with van der Waals surface area (Å²) in [6, 6.07) is 12.2. The lowest BCUT2D eigenvalue weighted by Crippen LogP contribution is -2.42. The number of thiocarbonyl (C=S) groups is 1. The van der Waals surface area contributed by atoms with E-state index in [1.165, 1.54) is 0 Å². The van der Waals surface area contributed by atoms with Gasteiger partial charge in [-0.1, -0.05) is 45.2 Å². The van der Waals surface area contributed by atoms with Crippen LogP contribution in [-0.2, 0) is 4.79 Å². The summed E-state index contributed by atoms with van der Waals surface area (Å²) in [5.41, 5.74) is 0.754. The molecule has 1 atom stereocenters. The van der Waals surface area contributed by atoms with Crippen LogP contribution < -0.4 is 15.4 Å². The van der Waals surface area contributed by atoms with Crippen LogP contribution in [0.3, 0.4) is 0 Å². The van der Waals surface area contributed by atoms with Crippen LogP contribution in [0, 0.1) is 0 Å². The molecule has 0 heterocycles. The summed E-state index contributed by atoms with van der Waals surface area (Å²) in [6.07, 6.45) is -0.786. The second kappa shape index (κ2) is 8.67. The van der Waals surface area contributed by atoms with Crippen molar-refractivity contribution in [2.75, 3.05) is 5.32 Å². The molecule has 0 aliphatic heterocycles. The van der Waals surface area contributed by atoms with Crippen molar-refractivity contribution in [3.8, 4) is 5.75 Å². The summed E-state index contributed by atoms with van der Waals surface area (Å²) < 4.78 is 6.43. The predicted molar refractivity (Wildman–Crippen MR) is 105 cm³/mol. The summed E-state index contributed by atoms with van der Waals surface area (Å²) in [5.74, 6) is -0.0249. The first kappa shape index (κ1) is 19.0. The highest BCUT2D eigenvalue weighted by atomic mass is 79.9. The monoisotopic (exact) mass is 446 g/mol. The lowest BCUT2D eigenvalue weighted by molar-refractivity contribution is -0.125. The van der Waals surface area contributed by atoms with Crippen molar-refractivity contribution in [2.45, 2.75) is 13.0 Å². The van der Waals surface area contributed by atoms with Gasteiger partial charge in [0.25, 0.3) is 5.91 Å². The van der Waals surface area contributed by atoms with Gasteiger partial charge in [-0.2, -0.15) is 0 Å². The van der Waals surface area contributed by atoms with E-state index < -0.39 is 12.0 Å². The van der Waals surface area contributed by atoms with Crippen LogP contribution in [0.1, 0.15) is 6.92 Å². The van der Waals surface area contributed by atoms with E-state index >= 15 is 0 Å². The van der Waals surface area contributed by atoms with E-state index in [9.17, 15) is 4.79 Å². The van der Waals surface area contributed by atoms with Gasteiger partial charge in [0, 0.05) is 15.2 Å². The Morgan fingerprint density at radius 1 is 1.25 bits per heavy atom. The molecule has 1 amide bonds. The second-order valence-corrected chi connectivity index (χ2v) is 6.96. The van der Waals surface area contributed by atoms with Crippen molar-refractivity contribution in [3.05, 3.63) is 57.0 Å². The number of hydrogen-bond acceptors (Lipinski definition) is 3. The quantitative estimate of drug-likeness (QED) is 0.645. The Morgan fingerprint density at radius 2 is 2.00 bits per heavy atom. The zero-order chi connectivity index (χ0) is 17.7. The molecule has 0 saturated heterocycles. The summed E-state index contributed by atoms with van der Waals surface area (Å²) >= 11 is 20.3. The Morgan fingerprint density at radius 3 is 2.67 bits per heavy atom. The van der Waals surface area contributed by atoms with E-state index in [0.29, 0.717) is 15.8 Å². The molecule has 2 aromatic rings. The number of ether oxygens (including phenoxy) is 1. The number of nitrogens with one attached hydrogen (secondary N) is 2. The first-order chi connectivity index (χ1) is 11.3. The molecule has 0 aliphatic carbocycles. The molecular weight excluding hydrogens is 435 g/mol. The minimum atomic E-state index is -0.786. The van der Waals surface area contributed by atoms with Crippen LogP contribution in [0.4, 0.5) is 5.69 Å². The first-order valence-corrected chi connectivity index (χ1v) is 8.80. The number of hydrogen-bond donors (Lipinski definition) is 2. The average molecular weight is 448 g/mol. The van der Waals surface area contributed by atoms with E-state index in [0.717, 1.165) is 10.2 Å². The molecule has 2 aromatic carbocycles. The Bertz CT molecular complexity index is 773. The van der Waals surface area contributed by atoms with Crippen LogP contribution in [0.15, 0.2) is 46.9 Å². The predicted octanol–water partition coefficient (Wildman–Crippen LogP) is 5.04. The molecule has 24 heavy (non-hydrogen) atoms. The van der Waals surface area contributed by atoms with Crippen molar-refractivity contribution < 1.29 is 9.53 Å². The lowest BCUT2D eigenvalue weighted by Gasteiger charge is -2.16. The van der Waals surface area contributed by atoms with Gasteiger partial charge in [0.1, 0.15) is 5.75 Å². The fourth-order valence-electron chi connectivity index (χ4n) is 1.76. The van der Waals surface area contributed by atoms with Gasteiger partial charge in [-0.15, -0.1) is 0 Å². The number of carbonyl (C=O) groups is 1. The molecule has 0 aromatic heterocycles. The molecule has 126 valence electrons. The van der Waals surface area contributed by atoms with Crippen LogP contribution in [0.25, 0.3) is 0 Å². The summed E-state index contributed by atoms with van der Waals surface area (Å²) in [7, 11) is 0. The number of halogens is 3. The van der Waals surface area contributed by atoms with Gasteiger partial charge in [0.05, 0.1) is 5.02 Å². The molecule has 4 nitrogen and oxygen atoms in total.